The van der Waals surface area contributed by atoms with Crippen LogP contribution in [0.3, 0.4) is 0 Å². The maximum atomic E-state index is 12.0. The Morgan fingerprint density at radius 1 is 1.16 bits per heavy atom. The number of nitrogens with two attached hydrogens (primary N) is 1. The molecule has 0 fully saturated rings. The Hall–Kier alpha value is -2.69. The minimum atomic E-state index is -0.583. The molecule has 0 aliphatic heterocycles. The number of hydrogen-bond acceptors (Lipinski definition) is 3. The van der Waals surface area contributed by atoms with E-state index in [1.165, 1.54) is 6.20 Å². The van der Waals surface area contributed by atoms with Gasteiger partial charge in [0.25, 0.3) is 11.8 Å². The van der Waals surface area contributed by atoms with Crippen LogP contribution in [-0.2, 0) is 0 Å². The fourth-order valence-corrected chi connectivity index (χ4v) is 1.71. The van der Waals surface area contributed by atoms with Crippen molar-refractivity contribution in [1.29, 1.82) is 0 Å². The minimum Gasteiger partial charge on any atom is -0.366 e. The molecular weight excluding hydrogens is 242 g/mol. The highest BCUT2D eigenvalue weighted by Crippen LogP contribution is 2.20. The molecular formula is C14H13N3O2. The van der Waals surface area contributed by atoms with Gasteiger partial charge in [0.2, 0.25) is 0 Å². The molecule has 0 bridgehead atoms. The van der Waals surface area contributed by atoms with E-state index in [-0.39, 0.29) is 17.2 Å². The molecule has 0 saturated heterocycles. The predicted molar refractivity (Wildman–Crippen MR) is 71.9 cm³/mol. The van der Waals surface area contributed by atoms with Gasteiger partial charge in [0, 0.05) is 6.20 Å². The number of benzene rings is 1. The molecule has 2 rings (SSSR count). The van der Waals surface area contributed by atoms with E-state index in [9.17, 15) is 9.59 Å². The summed E-state index contributed by atoms with van der Waals surface area (Å²) in [6.07, 6.45) is 1.53. The van der Waals surface area contributed by atoms with Crippen LogP contribution in [0.4, 0.5) is 5.69 Å². The minimum absolute atomic E-state index is 0.279. The van der Waals surface area contributed by atoms with Crippen molar-refractivity contribution in [3.8, 4) is 0 Å². The second-order valence-corrected chi connectivity index (χ2v) is 4.03. The number of aromatic nitrogens is 1. The van der Waals surface area contributed by atoms with Gasteiger partial charge in [-0.2, -0.15) is 0 Å². The van der Waals surface area contributed by atoms with E-state index in [4.69, 9.17) is 5.73 Å². The summed E-state index contributed by atoms with van der Waals surface area (Å²) in [5.41, 5.74) is 7.04. The first kappa shape index (κ1) is 12.8. The zero-order chi connectivity index (χ0) is 13.8. The molecule has 3 N–H and O–H groups in total. The largest absolute Gasteiger partial charge is 0.366 e. The first-order valence-electron chi connectivity index (χ1n) is 5.71. The van der Waals surface area contributed by atoms with Gasteiger partial charge in [-0.1, -0.05) is 18.2 Å². The van der Waals surface area contributed by atoms with Gasteiger partial charge in [-0.3, -0.25) is 14.6 Å². The Bertz CT molecular complexity index is 624. The molecule has 96 valence electrons. The molecule has 5 heteroatoms. The van der Waals surface area contributed by atoms with Crippen LogP contribution in [0.25, 0.3) is 0 Å². The third-order valence-electron chi connectivity index (χ3n) is 2.67. The number of para-hydroxylation sites is 1. The highest BCUT2D eigenvalue weighted by atomic mass is 16.2. The fourth-order valence-electron chi connectivity index (χ4n) is 1.71. The lowest BCUT2D eigenvalue weighted by molar-refractivity contribution is 0.100. The first-order chi connectivity index (χ1) is 9.09. The van der Waals surface area contributed by atoms with Crippen molar-refractivity contribution in [3.63, 3.8) is 0 Å². The zero-order valence-corrected chi connectivity index (χ0v) is 10.4. The molecule has 1 heterocycles. The number of hydrogen-bond donors (Lipinski definition) is 2. The van der Waals surface area contributed by atoms with E-state index in [0.29, 0.717) is 5.69 Å². The van der Waals surface area contributed by atoms with Crippen LogP contribution < -0.4 is 11.1 Å². The lowest BCUT2D eigenvalue weighted by atomic mass is 10.1. The van der Waals surface area contributed by atoms with Crippen LogP contribution in [0, 0.1) is 6.92 Å². The van der Waals surface area contributed by atoms with Gasteiger partial charge >= 0.3 is 0 Å². The van der Waals surface area contributed by atoms with Gasteiger partial charge in [0.15, 0.2) is 0 Å². The summed E-state index contributed by atoms with van der Waals surface area (Å²) < 4.78 is 0. The number of primary amides is 1. The predicted octanol–water partition coefficient (Wildman–Crippen LogP) is 1.74. The highest BCUT2D eigenvalue weighted by Gasteiger charge is 2.14. The van der Waals surface area contributed by atoms with Crippen LogP contribution >= 0.6 is 0 Å². The molecule has 0 aliphatic carbocycles. The topological polar surface area (TPSA) is 85.1 Å². The zero-order valence-electron chi connectivity index (χ0n) is 10.4. The molecule has 0 saturated carbocycles. The molecule has 2 aromatic rings. The molecule has 0 spiro atoms. The van der Waals surface area contributed by atoms with Crippen molar-refractivity contribution in [1.82, 2.24) is 4.98 Å². The Kier molecular flexibility index (Phi) is 3.56. The second-order valence-electron chi connectivity index (χ2n) is 4.03. The molecule has 0 aliphatic rings. The average Bonchev–Trinajstić information content (AvgIpc) is 2.41. The summed E-state index contributed by atoms with van der Waals surface area (Å²) in [5.74, 6) is -0.961. The maximum Gasteiger partial charge on any atom is 0.274 e. The van der Waals surface area contributed by atoms with Gasteiger partial charge in [-0.15, -0.1) is 0 Å². The van der Waals surface area contributed by atoms with Gasteiger partial charge in [-0.05, 0) is 30.7 Å². The third kappa shape index (κ3) is 2.77. The van der Waals surface area contributed by atoms with Crippen molar-refractivity contribution in [2.24, 2.45) is 5.73 Å². The van der Waals surface area contributed by atoms with E-state index in [1.54, 1.807) is 43.3 Å². The molecule has 2 amide bonds. The van der Waals surface area contributed by atoms with E-state index in [0.717, 1.165) is 5.56 Å². The van der Waals surface area contributed by atoms with Gasteiger partial charge in [0.1, 0.15) is 5.69 Å². The normalized spacial score (nSPS) is 9.95. The monoisotopic (exact) mass is 255 g/mol. The van der Waals surface area contributed by atoms with Crippen LogP contribution in [0.1, 0.15) is 26.4 Å². The molecule has 1 aromatic carbocycles. The second kappa shape index (κ2) is 5.30. The van der Waals surface area contributed by atoms with Crippen LogP contribution in [0.15, 0.2) is 42.6 Å². The molecule has 0 unspecified atom stereocenters. The van der Waals surface area contributed by atoms with Gasteiger partial charge in [0.05, 0.1) is 11.3 Å². The maximum absolute atomic E-state index is 12.0. The highest BCUT2D eigenvalue weighted by molar-refractivity contribution is 6.08. The van der Waals surface area contributed by atoms with E-state index < -0.39 is 5.91 Å². The van der Waals surface area contributed by atoms with Crippen LogP contribution in [0.2, 0.25) is 0 Å². The smallest absolute Gasteiger partial charge is 0.274 e. The van der Waals surface area contributed by atoms with Crippen molar-refractivity contribution in [2.45, 2.75) is 6.92 Å². The molecule has 0 radical (unpaired) electrons. The summed E-state index contributed by atoms with van der Waals surface area (Å²) in [6, 6.07) is 10.1. The summed E-state index contributed by atoms with van der Waals surface area (Å²) in [4.78, 5) is 27.3. The first-order valence-corrected chi connectivity index (χ1v) is 5.71. The molecule has 5 nitrogen and oxygen atoms in total. The van der Waals surface area contributed by atoms with Crippen molar-refractivity contribution >= 4 is 17.5 Å². The van der Waals surface area contributed by atoms with Crippen molar-refractivity contribution in [2.75, 3.05) is 5.32 Å². The Morgan fingerprint density at radius 3 is 2.58 bits per heavy atom. The molecule has 0 atom stereocenters. The number of aryl methyl sites for hydroxylation is 1. The number of anilines is 1. The van der Waals surface area contributed by atoms with Crippen LogP contribution in [-0.4, -0.2) is 16.8 Å². The number of nitrogens with one attached hydrogen (secondary N) is 1. The SMILES string of the molecule is Cc1cccc(C(N)=O)c1NC(=O)c1ccccn1. The fraction of sp³-hybridized carbons (Fsp3) is 0.0714. The Balaban J connectivity index is 2.34. The van der Waals surface area contributed by atoms with Crippen molar-refractivity contribution in [3.05, 3.63) is 59.4 Å². The average molecular weight is 255 g/mol. The number of carbonyl (C=O) groups excluding carboxylic acids is 2. The van der Waals surface area contributed by atoms with Gasteiger partial charge < -0.3 is 11.1 Å². The van der Waals surface area contributed by atoms with E-state index >= 15 is 0 Å². The quantitative estimate of drug-likeness (QED) is 0.876. The summed E-state index contributed by atoms with van der Waals surface area (Å²) >= 11 is 0. The number of carbonyl (C=O) groups is 2. The lowest BCUT2D eigenvalue weighted by Crippen LogP contribution is -2.19. The Morgan fingerprint density at radius 2 is 1.95 bits per heavy atom. The number of pyridine rings is 1. The number of rotatable bonds is 3. The third-order valence-corrected chi connectivity index (χ3v) is 2.67. The number of nitrogens with zero attached hydrogens (tertiary/aromatic N) is 1. The van der Waals surface area contributed by atoms with Crippen molar-refractivity contribution < 1.29 is 9.59 Å². The number of amides is 2. The summed E-state index contributed by atoms with van der Waals surface area (Å²) in [7, 11) is 0. The van der Waals surface area contributed by atoms with E-state index in [1.807, 2.05) is 0 Å². The van der Waals surface area contributed by atoms with E-state index in [2.05, 4.69) is 10.3 Å². The lowest BCUT2D eigenvalue weighted by Gasteiger charge is -2.11. The Labute approximate surface area is 110 Å². The summed E-state index contributed by atoms with van der Waals surface area (Å²) in [5, 5.41) is 2.67. The summed E-state index contributed by atoms with van der Waals surface area (Å²) in [6.45, 7) is 1.79. The standard InChI is InChI=1S/C14H13N3O2/c1-9-5-4-6-10(13(15)18)12(9)17-14(19)11-7-2-3-8-16-11/h2-8H,1H3,(H2,15,18)(H,17,19). The van der Waals surface area contributed by atoms with Crippen LogP contribution in [0.5, 0.6) is 0 Å². The molecule has 1 aromatic heterocycles. The molecule has 19 heavy (non-hydrogen) atoms. The van der Waals surface area contributed by atoms with Gasteiger partial charge in [-0.25, -0.2) is 0 Å².